The van der Waals surface area contributed by atoms with E-state index in [0.717, 1.165) is 5.56 Å². The highest BCUT2D eigenvalue weighted by Gasteiger charge is 2.20. The Morgan fingerprint density at radius 2 is 1.84 bits per heavy atom. The van der Waals surface area contributed by atoms with Gasteiger partial charge in [0, 0.05) is 24.1 Å². The van der Waals surface area contributed by atoms with Crippen LogP contribution in [0, 0.1) is 17.1 Å². The highest BCUT2D eigenvalue weighted by Crippen LogP contribution is 2.18. The molecule has 1 amide bonds. The van der Waals surface area contributed by atoms with Crippen LogP contribution in [-0.4, -0.2) is 42.9 Å². The minimum atomic E-state index is -0.539. The lowest BCUT2D eigenvalue weighted by atomic mass is 10.1. The minimum Gasteiger partial charge on any atom is -0.333 e. The van der Waals surface area contributed by atoms with Crippen LogP contribution in [0.2, 0.25) is 0 Å². The van der Waals surface area contributed by atoms with Crippen molar-refractivity contribution in [1.82, 2.24) is 9.80 Å². The molecule has 0 unspecified atom stereocenters. The van der Waals surface area contributed by atoms with Gasteiger partial charge in [-0.15, -0.1) is 0 Å². The van der Waals surface area contributed by atoms with Gasteiger partial charge >= 0.3 is 0 Å². The van der Waals surface area contributed by atoms with Crippen molar-refractivity contribution in [1.29, 1.82) is 5.26 Å². The number of carbonyl (C=O) groups excluding carboxylic acids is 1. The summed E-state index contributed by atoms with van der Waals surface area (Å²) in [7, 11) is 3.84. The first-order chi connectivity index (χ1) is 11.9. The Kier molecular flexibility index (Phi) is 6.68. The molecule has 0 aliphatic rings. The average molecular weight is 404 g/mol. The van der Waals surface area contributed by atoms with Crippen LogP contribution in [-0.2, 0) is 6.54 Å². The first-order valence-electron chi connectivity index (χ1n) is 7.79. The summed E-state index contributed by atoms with van der Waals surface area (Å²) in [5, 5.41) is 8.88. The summed E-state index contributed by atoms with van der Waals surface area (Å²) in [5.41, 5.74) is 1.50. The molecule has 0 heterocycles. The van der Waals surface area contributed by atoms with Crippen molar-refractivity contribution in [2.75, 3.05) is 27.2 Å². The molecular weight excluding hydrogens is 385 g/mol. The van der Waals surface area contributed by atoms with Gasteiger partial charge in [-0.1, -0.05) is 28.1 Å². The third-order valence-electron chi connectivity index (χ3n) is 3.72. The zero-order valence-corrected chi connectivity index (χ0v) is 15.8. The van der Waals surface area contributed by atoms with Gasteiger partial charge in [-0.3, -0.25) is 4.79 Å². The highest BCUT2D eigenvalue weighted by molar-refractivity contribution is 9.10. The number of nitrogens with zero attached hydrogens (tertiary/aromatic N) is 3. The van der Waals surface area contributed by atoms with Gasteiger partial charge in [0.1, 0.15) is 5.82 Å². The van der Waals surface area contributed by atoms with E-state index in [1.54, 1.807) is 23.1 Å². The fraction of sp³-hybridized carbons (Fsp3) is 0.263. The molecule has 0 saturated carbocycles. The summed E-state index contributed by atoms with van der Waals surface area (Å²) < 4.78 is 14.8. The molecule has 0 N–H and O–H groups in total. The molecule has 6 heteroatoms. The molecular formula is C19H19BrFN3O. The van der Waals surface area contributed by atoms with Crippen LogP contribution >= 0.6 is 15.9 Å². The van der Waals surface area contributed by atoms with E-state index in [-0.39, 0.29) is 11.5 Å². The normalized spacial score (nSPS) is 10.6. The Morgan fingerprint density at radius 1 is 1.16 bits per heavy atom. The van der Waals surface area contributed by atoms with Crippen molar-refractivity contribution in [2.24, 2.45) is 0 Å². The number of carbonyl (C=O) groups is 1. The SMILES string of the molecule is CN(C)CCN(Cc1ccc(C#N)cc1)C(=O)c1cc(Br)ccc1F. The van der Waals surface area contributed by atoms with Gasteiger partial charge in [0.25, 0.3) is 5.91 Å². The van der Waals surface area contributed by atoms with Crippen molar-refractivity contribution in [3.63, 3.8) is 0 Å². The predicted octanol–water partition coefficient (Wildman–Crippen LogP) is 3.66. The lowest BCUT2D eigenvalue weighted by Gasteiger charge is -2.25. The molecule has 130 valence electrons. The van der Waals surface area contributed by atoms with E-state index in [1.807, 2.05) is 31.1 Å². The number of likely N-dealkylation sites (N-methyl/N-ethyl adjacent to an activating group) is 1. The maximum Gasteiger partial charge on any atom is 0.257 e. The predicted molar refractivity (Wildman–Crippen MR) is 98.6 cm³/mol. The van der Waals surface area contributed by atoms with Gasteiger partial charge in [0.05, 0.1) is 17.2 Å². The van der Waals surface area contributed by atoms with Crippen molar-refractivity contribution in [3.05, 3.63) is 69.4 Å². The number of nitriles is 1. The summed E-state index contributed by atoms with van der Waals surface area (Å²) in [6.07, 6.45) is 0. The zero-order chi connectivity index (χ0) is 18.4. The van der Waals surface area contributed by atoms with E-state index in [9.17, 15) is 9.18 Å². The molecule has 0 radical (unpaired) electrons. The van der Waals surface area contributed by atoms with Crippen LogP contribution in [0.4, 0.5) is 4.39 Å². The van der Waals surface area contributed by atoms with Crippen molar-refractivity contribution in [2.45, 2.75) is 6.54 Å². The number of rotatable bonds is 6. The topological polar surface area (TPSA) is 47.3 Å². The Labute approximate surface area is 155 Å². The molecule has 4 nitrogen and oxygen atoms in total. The second kappa shape index (κ2) is 8.75. The van der Waals surface area contributed by atoms with E-state index < -0.39 is 5.82 Å². The van der Waals surface area contributed by atoms with Crippen LogP contribution in [0.3, 0.4) is 0 Å². The van der Waals surface area contributed by atoms with Gasteiger partial charge in [-0.25, -0.2) is 4.39 Å². The van der Waals surface area contributed by atoms with Crippen LogP contribution in [0.5, 0.6) is 0 Å². The minimum absolute atomic E-state index is 0.0433. The van der Waals surface area contributed by atoms with Gasteiger partial charge in [-0.05, 0) is 50.0 Å². The Morgan fingerprint density at radius 3 is 2.44 bits per heavy atom. The summed E-state index contributed by atoms with van der Waals surface area (Å²) in [4.78, 5) is 16.4. The maximum absolute atomic E-state index is 14.1. The fourth-order valence-electron chi connectivity index (χ4n) is 2.31. The Balaban J connectivity index is 2.26. The zero-order valence-electron chi connectivity index (χ0n) is 14.2. The largest absolute Gasteiger partial charge is 0.333 e. The van der Waals surface area contributed by atoms with E-state index >= 15 is 0 Å². The Hall–Kier alpha value is -2.23. The maximum atomic E-state index is 14.1. The molecule has 0 spiro atoms. The van der Waals surface area contributed by atoms with E-state index in [1.165, 1.54) is 12.1 Å². The molecule has 0 saturated heterocycles. The van der Waals surface area contributed by atoms with E-state index in [0.29, 0.717) is 29.7 Å². The smallest absolute Gasteiger partial charge is 0.257 e. The van der Waals surface area contributed by atoms with Gasteiger partial charge < -0.3 is 9.80 Å². The molecule has 0 bridgehead atoms. The molecule has 0 aliphatic carbocycles. The molecule has 2 aromatic carbocycles. The summed E-state index contributed by atoms with van der Waals surface area (Å²) in [6.45, 7) is 1.49. The molecule has 0 aromatic heterocycles. The van der Waals surface area contributed by atoms with E-state index in [4.69, 9.17) is 5.26 Å². The number of benzene rings is 2. The number of hydrogen-bond donors (Lipinski definition) is 0. The van der Waals surface area contributed by atoms with Gasteiger partial charge in [0.2, 0.25) is 0 Å². The average Bonchev–Trinajstić information content (AvgIpc) is 2.60. The monoisotopic (exact) mass is 403 g/mol. The summed E-state index contributed by atoms with van der Waals surface area (Å²) in [6, 6.07) is 13.5. The Bertz CT molecular complexity index is 784. The molecule has 0 atom stereocenters. The first kappa shape index (κ1) is 19.1. The molecule has 0 fully saturated rings. The molecule has 25 heavy (non-hydrogen) atoms. The van der Waals surface area contributed by atoms with Crippen LogP contribution in [0.1, 0.15) is 21.5 Å². The number of halogens is 2. The number of amides is 1. The quantitative estimate of drug-likeness (QED) is 0.739. The third kappa shape index (κ3) is 5.38. The number of hydrogen-bond acceptors (Lipinski definition) is 3. The van der Waals surface area contributed by atoms with Crippen molar-refractivity contribution >= 4 is 21.8 Å². The van der Waals surface area contributed by atoms with E-state index in [2.05, 4.69) is 22.0 Å². The highest BCUT2D eigenvalue weighted by atomic mass is 79.9. The second-order valence-corrected chi connectivity index (χ2v) is 6.88. The lowest BCUT2D eigenvalue weighted by molar-refractivity contribution is 0.0727. The first-order valence-corrected chi connectivity index (χ1v) is 8.58. The lowest BCUT2D eigenvalue weighted by Crippen LogP contribution is -2.36. The summed E-state index contributed by atoms with van der Waals surface area (Å²) >= 11 is 3.28. The third-order valence-corrected chi connectivity index (χ3v) is 4.21. The van der Waals surface area contributed by atoms with Crippen molar-refractivity contribution < 1.29 is 9.18 Å². The van der Waals surface area contributed by atoms with Crippen LogP contribution in [0.25, 0.3) is 0 Å². The fourth-order valence-corrected chi connectivity index (χ4v) is 2.67. The molecule has 2 aromatic rings. The summed E-state index contributed by atoms with van der Waals surface area (Å²) in [5.74, 6) is -0.895. The molecule has 0 aliphatic heterocycles. The van der Waals surface area contributed by atoms with Crippen LogP contribution in [0.15, 0.2) is 46.9 Å². The van der Waals surface area contributed by atoms with Gasteiger partial charge in [-0.2, -0.15) is 5.26 Å². The van der Waals surface area contributed by atoms with Gasteiger partial charge in [0.15, 0.2) is 0 Å². The van der Waals surface area contributed by atoms with Crippen molar-refractivity contribution in [3.8, 4) is 6.07 Å². The second-order valence-electron chi connectivity index (χ2n) is 5.96. The molecule has 2 rings (SSSR count). The standard InChI is InChI=1S/C19H19BrFN3O/c1-23(2)9-10-24(13-15-5-3-14(12-22)4-6-15)19(25)17-11-16(20)7-8-18(17)21/h3-8,11H,9-10,13H2,1-2H3. The van der Waals surface area contributed by atoms with Crippen LogP contribution < -0.4 is 0 Å².